The van der Waals surface area contributed by atoms with Crippen LogP contribution in [0.2, 0.25) is 13.1 Å². The van der Waals surface area contributed by atoms with Crippen LogP contribution >= 0.6 is 11.1 Å². The second-order valence-corrected chi connectivity index (χ2v) is 10.5. The molecule has 0 amide bonds. The molecule has 0 aliphatic rings. The summed E-state index contributed by atoms with van der Waals surface area (Å²) in [5.41, 5.74) is 1.28. The Bertz CT molecular complexity index is 271. The van der Waals surface area contributed by atoms with Gasteiger partial charge < -0.3 is 12.4 Å². The van der Waals surface area contributed by atoms with E-state index in [1.165, 1.54) is 5.69 Å². The van der Waals surface area contributed by atoms with Crippen molar-refractivity contribution in [3.8, 4) is 0 Å². The molecule has 0 saturated carbocycles. The monoisotopic (exact) mass is 235 g/mol. The first-order chi connectivity index (χ1) is 5.49. The Hall–Kier alpha value is -0.0531. The SMILES string of the molecule is Cc1cccc[n+]1C[Si](C)(C)Cl.[Cl-]. The van der Waals surface area contributed by atoms with Gasteiger partial charge in [-0.05, 0) is 0 Å². The fourth-order valence-corrected chi connectivity index (χ4v) is 2.70. The van der Waals surface area contributed by atoms with Gasteiger partial charge in [0.15, 0.2) is 11.9 Å². The van der Waals surface area contributed by atoms with Crippen LogP contribution in [0.5, 0.6) is 0 Å². The van der Waals surface area contributed by atoms with E-state index in [0.717, 1.165) is 6.17 Å². The van der Waals surface area contributed by atoms with Gasteiger partial charge in [-0.3, -0.25) is 0 Å². The second kappa shape index (κ2) is 4.98. The molecule has 13 heavy (non-hydrogen) atoms. The molecule has 4 heteroatoms. The highest BCUT2D eigenvalue weighted by molar-refractivity contribution is 7.18. The molecule has 0 aromatic carbocycles. The highest BCUT2D eigenvalue weighted by Gasteiger charge is 2.24. The number of aromatic nitrogens is 1. The average Bonchev–Trinajstić information content (AvgIpc) is 1.91. The third-order valence-electron chi connectivity index (χ3n) is 1.71. The predicted octanol–water partition coefficient (Wildman–Crippen LogP) is -0.730. The summed E-state index contributed by atoms with van der Waals surface area (Å²) in [6, 6.07) is 6.20. The summed E-state index contributed by atoms with van der Waals surface area (Å²) in [5, 5.41) is 0. The van der Waals surface area contributed by atoms with Crippen LogP contribution in [0.25, 0.3) is 0 Å². The maximum atomic E-state index is 6.26. The van der Waals surface area contributed by atoms with Gasteiger partial charge in [0.2, 0.25) is 7.38 Å². The molecule has 0 fully saturated rings. The summed E-state index contributed by atoms with van der Waals surface area (Å²) < 4.78 is 2.22. The smallest absolute Gasteiger partial charge is 0.224 e. The Kier molecular flexibility index (Phi) is 4.96. The van der Waals surface area contributed by atoms with Crippen LogP contribution in [0, 0.1) is 6.92 Å². The van der Waals surface area contributed by atoms with E-state index in [0.29, 0.717) is 0 Å². The van der Waals surface area contributed by atoms with Crippen LogP contribution in [0.1, 0.15) is 5.69 Å². The van der Waals surface area contributed by atoms with Gasteiger partial charge >= 0.3 is 0 Å². The molecule has 0 aliphatic heterocycles. The van der Waals surface area contributed by atoms with Crippen molar-refractivity contribution in [3.63, 3.8) is 0 Å². The van der Waals surface area contributed by atoms with Crippen molar-refractivity contribution in [1.29, 1.82) is 0 Å². The first-order valence-corrected chi connectivity index (χ1v) is 8.35. The predicted molar refractivity (Wildman–Crippen MR) is 54.7 cm³/mol. The summed E-state index contributed by atoms with van der Waals surface area (Å²) in [5.74, 6) is 0. The van der Waals surface area contributed by atoms with E-state index < -0.39 is 7.38 Å². The molecule has 0 spiro atoms. The molecule has 74 valence electrons. The highest BCUT2D eigenvalue weighted by atomic mass is 35.6. The van der Waals surface area contributed by atoms with Crippen LogP contribution in [0.4, 0.5) is 0 Å². The van der Waals surface area contributed by atoms with Crippen molar-refractivity contribution >= 4 is 18.5 Å². The third-order valence-corrected chi connectivity index (χ3v) is 3.17. The molecule has 0 aliphatic carbocycles. The maximum absolute atomic E-state index is 6.26. The zero-order valence-electron chi connectivity index (χ0n) is 8.22. The van der Waals surface area contributed by atoms with Gasteiger partial charge in [0.25, 0.3) is 0 Å². The topological polar surface area (TPSA) is 3.88 Å². The van der Waals surface area contributed by atoms with Gasteiger partial charge in [-0.25, -0.2) is 4.57 Å². The minimum absolute atomic E-state index is 0. The fraction of sp³-hybridized carbons (Fsp3) is 0.444. The van der Waals surface area contributed by atoms with Crippen LogP contribution in [-0.2, 0) is 6.17 Å². The molecule has 1 aromatic rings. The van der Waals surface area contributed by atoms with Gasteiger partial charge in [0.1, 0.15) is 6.17 Å². The van der Waals surface area contributed by atoms with E-state index in [-0.39, 0.29) is 12.4 Å². The molecule has 1 nitrogen and oxygen atoms in total. The second-order valence-electron chi connectivity index (χ2n) is 3.69. The molecule has 0 radical (unpaired) electrons. The molecular weight excluding hydrogens is 221 g/mol. The molecule has 0 bridgehead atoms. The molecular formula is C9H15Cl2NSi. The lowest BCUT2D eigenvalue weighted by molar-refractivity contribution is -0.686. The van der Waals surface area contributed by atoms with Gasteiger partial charge in [0.05, 0.1) is 0 Å². The van der Waals surface area contributed by atoms with Crippen LogP contribution in [0.15, 0.2) is 24.4 Å². The van der Waals surface area contributed by atoms with Gasteiger partial charge in [-0.15, -0.1) is 0 Å². The van der Waals surface area contributed by atoms with E-state index in [1.807, 2.05) is 6.07 Å². The van der Waals surface area contributed by atoms with Gasteiger partial charge in [0, 0.05) is 19.1 Å². The number of nitrogens with zero attached hydrogens (tertiary/aromatic N) is 1. The van der Waals surface area contributed by atoms with Crippen LogP contribution in [0.3, 0.4) is 0 Å². The first-order valence-electron chi connectivity index (χ1n) is 4.13. The normalized spacial score (nSPS) is 10.8. The average molecular weight is 236 g/mol. The third kappa shape index (κ3) is 4.65. The Balaban J connectivity index is 0.00000144. The summed E-state index contributed by atoms with van der Waals surface area (Å²) in [7, 11) is -1.49. The van der Waals surface area contributed by atoms with Crippen molar-refractivity contribution in [2.75, 3.05) is 0 Å². The minimum atomic E-state index is -1.49. The molecule has 0 atom stereocenters. The fourth-order valence-electron chi connectivity index (χ4n) is 1.14. The molecule has 0 saturated heterocycles. The summed E-state index contributed by atoms with van der Waals surface area (Å²) in [4.78, 5) is 0. The minimum Gasteiger partial charge on any atom is -1.00 e. The van der Waals surface area contributed by atoms with Crippen molar-refractivity contribution < 1.29 is 17.0 Å². The lowest BCUT2D eigenvalue weighted by atomic mass is 10.4. The largest absolute Gasteiger partial charge is 1.00 e. The van der Waals surface area contributed by atoms with E-state index >= 15 is 0 Å². The molecule has 1 heterocycles. The number of rotatable bonds is 2. The van der Waals surface area contributed by atoms with Crippen molar-refractivity contribution in [3.05, 3.63) is 30.1 Å². The maximum Gasteiger partial charge on any atom is 0.224 e. The zero-order valence-corrected chi connectivity index (χ0v) is 10.7. The van der Waals surface area contributed by atoms with Crippen molar-refractivity contribution in [2.24, 2.45) is 0 Å². The summed E-state index contributed by atoms with van der Waals surface area (Å²) in [6.07, 6.45) is 3.08. The Morgan fingerprint density at radius 1 is 1.38 bits per heavy atom. The lowest BCUT2D eigenvalue weighted by Crippen LogP contribution is -3.00. The number of hydrogen-bond acceptors (Lipinski definition) is 0. The van der Waals surface area contributed by atoms with E-state index in [2.05, 4.69) is 42.9 Å². The quantitative estimate of drug-likeness (QED) is 0.362. The Morgan fingerprint density at radius 3 is 2.46 bits per heavy atom. The number of halogens is 2. The van der Waals surface area contributed by atoms with E-state index in [1.54, 1.807) is 0 Å². The number of pyridine rings is 1. The van der Waals surface area contributed by atoms with Crippen LogP contribution < -0.4 is 17.0 Å². The summed E-state index contributed by atoms with van der Waals surface area (Å²) >= 11 is 6.26. The summed E-state index contributed by atoms with van der Waals surface area (Å²) in [6.45, 7) is 6.43. The van der Waals surface area contributed by atoms with Crippen LogP contribution in [-0.4, -0.2) is 7.38 Å². The Labute approximate surface area is 91.9 Å². The van der Waals surface area contributed by atoms with Crippen molar-refractivity contribution in [2.45, 2.75) is 26.2 Å². The van der Waals surface area contributed by atoms with E-state index in [4.69, 9.17) is 11.1 Å². The Morgan fingerprint density at radius 2 is 2.00 bits per heavy atom. The molecule has 0 unspecified atom stereocenters. The van der Waals surface area contributed by atoms with E-state index in [9.17, 15) is 0 Å². The molecule has 0 N–H and O–H groups in total. The number of aryl methyl sites for hydroxylation is 1. The first kappa shape index (κ1) is 12.9. The van der Waals surface area contributed by atoms with Crippen molar-refractivity contribution in [1.82, 2.24) is 0 Å². The molecule has 1 rings (SSSR count). The van der Waals surface area contributed by atoms with Gasteiger partial charge in [-0.1, -0.05) is 19.2 Å². The molecule has 1 aromatic heterocycles. The standard InChI is InChI=1S/C9H15ClNSi.ClH/c1-9-6-4-5-7-11(9)8-12(2,3)10;/h4-7H,8H2,1-3H3;1H/q+1;/p-1. The van der Waals surface area contributed by atoms with Gasteiger partial charge in [-0.2, -0.15) is 11.1 Å². The zero-order chi connectivity index (χ0) is 9.19. The highest BCUT2D eigenvalue weighted by Crippen LogP contribution is 2.07. The number of hydrogen-bond donors (Lipinski definition) is 0. The lowest BCUT2D eigenvalue weighted by Gasteiger charge is -2.08.